The maximum atomic E-state index is 12.9. The third kappa shape index (κ3) is 3.12. The zero-order valence-corrected chi connectivity index (χ0v) is 9.58. The maximum absolute atomic E-state index is 12.9. The van der Waals surface area contributed by atoms with Crippen molar-refractivity contribution in [3.05, 3.63) is 41.5 Å². The molecule has 1 aromatic rings. The highest BCUT2D eigenvalue weighted by Gasteiger charge is 2.08. The smallest absolute Gasteiger partial charge is 0.160 e. The third-order valence-corrected chi connectivity index (χ3v) is 2.66. The molecule has 2 nitrogen and oxygen atoms in total. The van der Waals surface area contributed by atoms with E-state index < -0.39 is 11.6 Å². The number of nitrogens with zero attached hydrogens (tertiary/aromatic N) is 1. The summed E-state index contributed by atoms with van der Waals surface area (Å²) in [6.07, 6.45) is 4.82. The fourth-order valence-electron chi connectivity index (χ4n) is 1.64. The van der Waals surface area contributed by atoms with Crippen molar-refractivity contribution in [2.45, 2.75) is 19.4 Å². The van der Waals surface area contributed by atoms with Gasteiger partial charge in [0.15, 0.2) is 11.6 Å². The molecular weight excluding hydrogens is 222 g/mol. The van der Waals surface area contributed by atoms with Crippen LogP contribution in [0.1, 0.15) is 14.8 Å². The van der Waals surface area contributed by atoms with Crippen LogP contribution >= 0.6 is 0 Å². The Morgan fingerprint density at radius 3 is 2.88 bits per heavy atom. The van der Waals surface area contributed by atoms with E-state index in [9.17, 15) is 8.78 Å². The van der Waals surface area contributed by atoms with E-state index in [0.717, 1.165) is 24.1 Å². The van der Waals surface area contributed by atoms with Gasteiger partial charge < -0.3 is 5.32 Å². The van der Waals surface area contributed by atoms with Gasteiger partial charge in [0, 0.05) is 19.9 Å². The molecule has 1 aliphatic rings. The van der Waals surface area contributed by atoms with Gasteiger partial charge in [-0.25, -0.2) is 8.78 Å². The minimum Gasteiger partial charge on any atom is -0.383 e. The normalized spacial score (nSPS) is 19.0. The number of halogens is 2. The molecule has 17 heavy (non-hydrogen) atoms. The molecule has 92 valence electrons. The first-order valence-electron chi connectivity index (χ1n) is 5.54. The fraction of sp³-hybridized carbons (Fsp3) is 0.308. The molecule has 1 N–H and O–H groups in total. The molecule has 0 spiro atoms. The first-order valence-corrected chi connectivity index (χ1v) is 5.54. The van der Waals surface area contributed by atoms with Crippen LogP contribution in [-0.4, -0.2) is 18.8 Å². The van der Waals surface area contributed by atoms with Crippen LogP contribution in [0.5, 0.6) is 0 Å². The van der Waals surface area contributed by atoms with Crippen molar-refractivity contribution >= 4 is 11.9 Å². The molecule has 1 unspecified atom stereocenters. The Balaban J connectivity index is 0.00000162. The zero-order chi connectivity index (χ0) is 12.3. The van der Waals surface area contributed by atoms with E-state index in [-0.39, 0.29) is 7.47 Å². The van der Waals surface area contributed by atoms with Crippen LogP contribution in [0.15, 0.2) is 34.8 Å². The minimum absolute atomic E-state index is 0. The first-order chi connectivity index (χ1) is 8.15. The molecule has 1 aromatic carbocycles. The zero-order valence-electron chi connectivity index (χ0n) is 9.58. The Hall–Kier alpha value is -1.71. The third-order valence-electron chi connectivity index (χ3n) is 2.66. The van der Waals surface area contributed by atoms with E-state index in [4.69, 9.17) is 0 Å². The monoisotopic (exact) mass is 238 g/mol. The van der Waals surface area contributed by atoms with Crippen LogP contribution < -0.4 is 5.32 Å². The van der Waals surface area contributed by atoms with Gasteiger partial charge in [0.1, 0.15) is 0 Å². The summed E-state index contributed by atoms with van der Waals surface area (Å²) in [4.78, 5) is 4.34. The van der Waals surface area contributed by atoms with Gasteiger partial charge in [-0.15, -0.1) is 0 Å². The number of hydrogen-bond acceptors (Lipinski definition) is 2. The van der Waals surface area contributed by atoms with Crippen molar-refractivity contribution in [2.75, 3.05) is 11.9 Å². The molecule has 1 atom stereocenters. The average molecular weight is 238 g/mol. The molecule has 4 heteroatoms. The molecule has 1 aliphatic heterocycles. The SMILES string of the molecule is CC1=CCC(CNc2ccc(F)c(F)c2)N=C1.[HH]. The summed E-state index contributed by atoms with van der Waals surface area (Å²) in [6.45, 7) is 2.62. The molecule has 0 aromatic heterocycles. The van der Waals surface area contributed by atoms with Crippen molar-refractivity contribution in [2.24, 2.45) is 4.99 Å². The van der Waals surface area contributed by atoms with Crippen molar-refractivity contribution in [3.63, 3.8) is 0 Å². The maximum Gasteiger partial charge on any atom is 0.160 e. The van der Waals surface area contributed by atoms with Gasteiger partial charge in [0.25, 0.3) is 0 Å². The predicted molar refractivity (Wildman–Crippen MR) is 67.6 cm³/mol. The quantitative estimate of drug-likeness (QED) is 0.857. The van der Waals surface area contributed by atoms with Crippen LogP contribution in [0.25, 0.3) is 0 Å². The molecule has 0 saturated heterocycles. The number of dihydropyridines is 1. The van der Waals surface area contributed by atoms with Crippen LogP contribution in [0.3, 0.4) is 0 Å². The number of anilines is 1. The molecule has 0 fully saturated rings. The second-order valence-corrected chi connectivity index (χ2v) is 4.13. The van der Waals surface area contributed by atoms with Crippen LogP contribution in [-0.2, 0) is 0 Å². The standard InChI is InChI=1S/C13H14F2N2.H2/c1-9-2-3-11(16-7-9)8-17-10-4-5-12(14)13(15)6-10;/h2,4-7,11,17H,3,8H2,1H3;1H. The molecule has 0 amide bonds. The average Bonchev–Trinajstić information content (AvgIpc) is 2.33. The van der Waals surface area contributed by atoms with Crippen molar-refractivity contribution < 1.29 is 10.2 Å². The molecular formula is C13H16F2N2. The van der Waals surface area contributed by atoms with E-state index in [0.29, 0.717) is 12.2 Å². The van der Waals surface area contributed by atoms with Gasteiger partial charge >= 0.3 is 0 Å². The Bertz CT molecular complexity index is 472. The van der Waals surface area contributed by atoms with Gasteiger partial charge in [0.2, 0.25) is 0 Å². The summed E-state index contributed by atoms with van der Waals surface area (Å²) in [6, 6.07) is 3.95. The van der Waals surface area contributed by atoms with E-state index in [1.54, 1.807) is 0 Å². The van der Waals surface area contributed by atoms with Crippen molar-refractivity contribution in [1.29, 1.82) is 0 Å². The number of nitrogens with one attached hydrogen (secondary N) is 1. The van der Waals surface area contributed by atoms with Gasteiger partial charge in [-0.05, 0) is 37.1 Å². The lowest BCUT2D eigenvalue weighted by molar-refractivity contribution is 0.509. The van der Waals surface area contributed by atoms with Crippen LogP contribution in [0, 0.1) is 11.6 Å². The van der Waals surface area contributed by atoms with E-state index >= 15 is 0 Å². The number of rotatable bonds is 3. The summed E-state index contributed by atoms with van der Waals surface area (Å²) in [5, 5.41) is 3.05. The van der Waals surface area contributed by atoms with E-state index in [2.05, 4.69) is 16.4 Å². The summed E-state index contributed by atoms with van der Waals surface area (Å²) >= 11 is 0. The van der Waals surface area contributed by atoms with Gasteiger partial charge in [-0.3, -0.25) is 4.99 Å². The lowest BCUT2D eigenvalue weighted by Crippen LogP contribution is -2.19. The highest BCUT2D eigenvalue weighted by Crippen LogP contribution is 2.14. The molecule has 0 aliphatic carbocycles. The summed E-state index contributed by atoms with van der Waals surface area (Å²) in [5.41, 5.74) is 1.74. The number of hydrogen-bond donors (Lipinski definition) is 1. The molecule has 0 saturated carbocycles. The fourth-order valence-corrected chi connectivity index (χ4v) is 1.64. The summed E-state index contributed by atoms with van der Waals surface area (Å²) < 4.78 is 25.6. The first kappa shape index (κ1) is 11.8. The Morgan fingerprint density at radius 1 is 1.41 bits per heavy atom. The van der Waals surface area contributed by atoms with Crippen LogP contribution in [0.4, 0.5) is 14.5 Å². The number of allylic oxidation sites excluding steroid dienone is 1. The predicted octanol–water partition coefficient (Wildman–Crippen LogP) is 3.41. The molecule has 2 rings (SSSR count). The molecule has 0 radical (unpaired) electrons. The highest BCUT2D eigenvalue weighted by molar-refractivity contribution is 5.78. The van der Waals surface area contributed by atoms with Crippen molar-refractivity contribution in [1.82, 2.24) is 0 Å². The topological polar surface area (TPSA) is 24.4 Å². The number of aliphatic imine (C=N–C) groups is 1. The summed E-state index contributed by atoms with van der Waals surface area (Å²) in [5.74, 6) is -1.66. The minimum atomic E-state index is -0.835. The molecule has 1 heterocycles. The Morgan fingerprint density at radius 2 is 2.24 bits per heavy atom. The summed E-state index contributed by atoms with van der Waals surface area (Å²) in [7, 11) is 0. The van der Waals surface area contributed by atoms with Crippen molar-refractivity contribution in [3.8, 4) is 0 Å². The molecule has 0 bridgehead atoms. The largest absolute Gasteiger partial charge is 0.383 e. The van der Waals surface area contributed by atoms with Gasteiger partial charge in [0.05, 0.1) is 6.04 Å². The van der Waals surface area contributed by atoms with E-state index in [1.807, 2.05) is 13.1 Å². The highest BCUT2D eigenvalue weighted by atomic mass is 19.2. The Labute approximate surface area is 101 Å². The second kappa shape index (κ2) is 5.08. The lowest BCUT2D eigenvalue weighted by atomic mass is 10.1. The van der Waals surface area contributed by atoms with Crippen LogP contribution in [0.2, 0.25) is 0 Å². The number of benzene rings is 1. The van der Waals surface area contributed by atoms with E-state index in [1.165, 1.54) is 6.07 Å². The van der Waals surface area contributed by atoms with Gasteiger partial charge in [-0.2, -0.15) is 0 Å². The van der Waals surface area contributed by atoms with Gasteiger partial charge in [-0.1, -0.05) is 6.08 Å². The lowest BCUT2D eigenvalue weighted by Gasteiger charge is -2.15. The second-order valence-electron chi connectivity index (χ2n) is 4.13. The Kier molecular flexibility index (Phi) is 3.52.